The van der Waals surface area contributed by atoms with E-state index < -0.39 is 5.60 Å². The van der Waals surface area contributed by atoms with E-state index in [1.165, 1.54) is 12.8 Å². The summed E-state index contributed by atoms with van der Waals surface area (Å²) in [5.74, 6) is 0. The minimum atomic E-state index is -0.578. The summed E-state index contributed by atoms with van der Waals surface area (Å²) in [4.78, 5) is 0. The maximum atomic E-state index is 10.8. The molecule has 1 saturated carbocycles. The van der Waals surface area contributed by atoms with Crippen molar-refractivity contribution in [1.82, 2.24) is 0 Å². The molecule has 1 aliphatic rings. The molecule has 0 saturated heterocycles. The Labute approximate surface area is 111 Å². The third-order valence-corrected chi connectivity index (χ3v) is 4.79. The van der Waals surface area contributed by atoms with Crippen LogP contribution < -0.4 is 0 Å². The topological polar surface area (TPSA) is 20.2 Å². The van der Waals surface area contributed by atoms with Crippen molar-refractivity contribution in [2.24, 2.45) is 0 Å². The number of rotatable bonds is 1. The first-order valence-corrected chi connectivity index (χ1v) is 7.37. The Morgan fingerprint density at radius 1 is 1.06 bits per heavy atom. The number of hydrogen-bond acceptors (Lipinski definition) is 1. The Morgan fingerprint density at radius 2 is 1.81 bits per heavy atom. The summed E-state index contributed by atoms with van der Waals surface area (Å²) in [7, 11) is 0. The smallest absolute Gasteiger partial charge is 0.0896 e. The van der Waals surface area contributed by atoms with Crippen LogP contribution in [0.3, 0.4) is 0 Å². The molecule has 0 aromatic heterocycles. The summed E-state index contributed by atoms with van der Waals surface area (Å²) < 4.78 is 0.730. The van der Waals surface area contributed by atoms with E-state index >= 15 is 0 Å². The molecule has 88 valence electrons. The Hall–Kier alpha value is -0.0900. The molecule has 1 fully saturated rings. The van der Waals surface area contributed by atoms with Gasteiger partial charge in [-0.2, -0.15) is 0 Å². The van der Waals surface area contributed by atoms with Gasteiger partial charge in [-0.25, -0.2) is 0 Å². The molecule has 0 heterocycles. The summed E-state index contributed by atoms with van der Waals surface area (Å²) in [5.41, 5.74) is 0.519. The van der Waals surface area contributed by atoms with Crippen molar-refractivity contribution >= 4 is 22.6 Å². The predicted octanol–water partition coefficient (Wildman–Crippen LogP) is 4.03. The lowest BCUT2D eigenvalue weighted by atomic mass is 9.82. The summed E-state index contributed by atoms with van der Waals surface area (Å²) >= 11 is 2.52. The summed E-state index contributed by atoms with van der Waals surface area (Å²) in [6.45, 7) is 0. The van der Waals surface area contributed by atoms with E-state index in [2.05, 4.69) is 34.7 Å². The van der Waals surface area contributed by atoms with Gasteiger partial charge >= 0.3 is 0 Å². The zero-order chi connectivity index (χ0) is 11.4. The van der Waals surface area contributed by atoms with Crippen LogP contribution in [0.4, 0.5) is 0 Å². The highest BCUT2D eigenvalue weighted by Gasteiger charge is 2.30. The standard InChI is InChI=1S/C14H19IO/c15-13-8-4-5-10-14(16,11-9-13)12-6-2-1-3-7-12/h1-3,6-7,13,16H,4-5,8-11H2. The van der Waals surface area contributed by atoms with Crippen LogP contribution in [-0.2, 0) is 5.60 Å². The van der Waals surface area contributed by atoms with Gasteiger partial charge in [0, 0.05) is 3.92 Å². The number of alkyl halides is 1. The van der Waals surface area contributed by atoms with Gasteiger partial charge in [-0.1, -0.05) is 65.8 Å². The molecule has 0 amide bonds. The molecule has 0 bridgehead atoms. The molecule has 0 spiro atoms. The van der Waals surface area contributed by atoms with Gasteiger partial charge in [0.2, 0.25) is 0 Å². The van der Waals surface area contributed by atoms with Gasteiger partial charge < -0.3 is 5.11 Å². The Balaban J connectivity index is 2.15. The number of aliphatic hydroxyl groups is 1. The summed E-state index contributed by atoms with van der Waals surface area (Å²) in [5, 5.41) is 10.8. The van der Waals surface area contributed by atoms with Crippen molar-refractivity contribution in [1.29, 1.82) is 0 Å². The van der Waals surface area contributed by atoms with Gasteiger partial charge in [0.15, 0.2) is 0 Å². The van der Waals surface area contributed by atoms with E-state index in [1.807, 2.05) is 18.2 Å². The zero-order valence-electron chi connectivity index (χ0n) is 9.53. The Morgan fingerprint density at radius 3 is 2.56 bits per heavy atom. The fourth-order valence-corrected chi connectivity index (χ4v) is 3.24. The molecule has 1 aliphatic carbocycles. The minimum Gasteiger partial charge on any atom is -0.385 e. The lowest BCUT2D eigenvalue weighted by molar-refractivity contribution is 0.0107. The first-order chi connectivity index (χ1) is 7.71. The maximum Gasteiger partial charge on any atom is 0.0896 e. The maximum absolute atomic E-state index is 10.8. The van der Waals surface area contributed by atoms with Crippen molar-refractivity contribution in [3.8, 4) is 0 Å². The van der Waals surface area contributed by atoms with E-state index in [9.17, 15) is 5.11 Å². The van der Waals surface area contributed by atoms with Crippen LogP contribution in [0.5, 0.6) is 0 Å². The van der Waals surface area contributed by atoms with Crippen LogP contribution in [0.25, 0.3) is 0 Å². The molecular formula is C14H19IO. The highest BCUT2D eigenvalue weighted by atomic mass is 127. The predicted molar refractivity (Wildman–Crippen MR) is 75.8 cm³/mol. The molecule has 16 heavy (non-hydrogen) atoms. The van der Waals surface area contributed by atoms with Crippen LogP contribution in [0.1, 0.15) is 44.1 Å². The lowest BCUT2D eigenvalue weighted by Gasteiger charge is -2.32. The quantitative estimate of drug-likeness (QED) is 0.609. The summed E-state index contributed by atoms with van der Waals surface area (Å²) in [6.07, 6.45) is 6.66. The second-order valence-electron chi connectivity index (χ2n) is 4.78. The molecule has 2 atom stereocenters. The van der Waals surface area contributed by atoms with Crippen LogP contribution >= 0.6 is 22.6 Å². The number of halogens is 1. The largest absolute Gasteiger partial charge is 0.385 e. The van der Waals surface area contributed by atoms with Crippen LogP contribution in [0.2, 0.25) is 0 Å². The van der Waals surface area contributed by atoms with E-state index in [-0.39, 0.29) is 0 Å². The monoisotopic (exact) mass is 330 g/mol. The molecule has 2 rings (SSSR count). The van der Waals surface area contributed by atoms with Gasteiger partial charge in [-0.15, -0.1) is 0 Å². The van der Waals surface area contributed by atoms with E-state index in [0.29, 0.717) is 0 Å². The number of hydrogen-bond donors (Lipinski definition) is 1. The fraction of sp³-hybridized carbons (Fsp3) is 0.571. The van der Waals surface area contributed by atoms with Gasteiger partial charge in [0.05, 0.1) is 5.60 Å². The summed E-state index contributed by atoms with van der Waals surface area (Å²) in [6, 6.07) is 10.2. The van der Waals surface area contributed by atoms with E-state index in [0.717, 1.165) is 35.2 Å². The molecule has 1 nitrogen and oxygen atoms in total. The molecule has 2 unspecified atom stereocenters. The highest BCUT2D eigenvalue weighted by molar-refractivity contribution is 14.1. The molecule has 1 aromatic rings. The van der Waals surface area contributed by atoms with Crippen molar-refractivity contribution in [3.63, 3.8) is 0 Å². The molecule has 0 radical (unpaired) electrons. The first-order valence-electron chi connectivity index (χ1n) is 6.13. The molecule has 2 heteroatoms. The van der Waals surface area contributed by atoms with Crippen molar-refractivity contribution in [2.45, 2.75) is 48.1 Å². The molecule has 1 N–H and O–H groups in total. The van der Waals surface area contributed by atoms with Crippen LogP contribution in [0.15, 0.2) is 30.3 Å². The van der Waals surface area contributed by atoms with Crippen molar-refractivity contribution in [3.05, 3.63) is 35.9 Å². The highest BCUT2D eigenvalue weighted by Crippen LogP contribution is 2.36. The second-order valence-corrected chi connectivity index (χ2v) is 6.54. The molecule has 0 aliphatic heterocycles. The number of benzene rings is 1. The van der Waals surface area contributed by atoms with Gasteiger partial charge in [0.25, 0.3) is 0 Å². The minimum absolute atomic E-state index is 0.578. The third kappa shape index (κ3) is 2.98. The van der Waals surface area contributed by atoms with Crippen molar-refractivity contribution < 1.29 is 5.11 Å². The normalized spacial score (nSPS) is 31.8. The van der Waals surface area contributed by atoms with Crippen LogP contribution in [0, 0.1) is 0 Å². The Bertz CT molecular complexity index is 325. The average molecular weight is 330 g/mol. The van der Waals surface area contributed by atoms with E-state index in [4.69, 9.17) is 0 Å². The van der Waals surface area contributed by atoms with Gasteiger partial charge in [-0.3, -0.25) is 0 Å². The second kappa shape index (κ2) is 5.50. The van der Waals surface area contributed by atoms with Gasteiger partial charge in [-0.05, 0) is 31.2 Å². The third-order valence-electron chi connectivity index (χ3n) is 3.54. The average Bonchev–Trinajstić information content (AvgIpc) is 2.31. The lowest BCUT2D eigenvalue weighted by Crippen LogP contribution is -2.28. The SMILES string of the molecule is OC1(c2ccccc2)CCCCC(I)CC1. The first kappa shape index (κ1) is 12.4. The Kier molecular flexibility index (Phi) is 4.25. The van der Waals surface area contributed by atoms with Gasteiger partial charge in [0.1, 0.15) is 0 Å². The zero-order valence-corrected chi connectivity index (χ0v) is 11.7. The van der Waals surface area contributed by atoms with E-state index in [1.54, 1.807) is 0 Å². The fourth-order valence-electron chi connectivity index (χ4n) is 2.49. The van der Waals surface area contributed by atoms with Crippen molar-refractivity contribution in [2.75, 3.05) is 0 Å². The molecular weight excluding hydrogens is 311 g/mol. The van der Waals surface area contributed by atoms with Crippen LogP contribution in [-0.4, -0.2) is 9.03 Å². The molecule has 1 aromatic carbocycles.